The van der Waals surface area contributed by atoms with E-state index in [-0.39, 0.29) is 5.54 Å². The quantitative estimate of drug-likeness (QED) is 0.110. The number of nitrogens with zero attached hydrogens (tertiary/aromatic N) is 2. The highest BCUT2D eigenvalue weighted by molar-refractivity contribution is 7.12. The Kier molecular flexibility index (Phi) is 9.36. The van der Waals surface area contributed by atoms with E-state index in [0.29, 0.717) is 0 Å². The molecular weight excluding hydrogens is 865 g/mol. The number of allylic oxidation sites excluding steroid dienone is 4. The van der Waals surface area contributed by atoms with Gasteiger partial charge in [0.2, 0.25) is 0 Å². The van der Waals surface area contributed by atoms with Gasteiger partial charge in [0.15, 0.2) is 8.07 Å². The van der Waals surface area contributed by atoms with Gasteiger partial charge in [0.25, 0.3) is 0 Å². The zero-order valence-electron chi connectivity index (χ0n) is 38.4. The van der Waals surface area contributed by atoms with Gasteiger partial charge < -0.3 is 13.6 Å². The fraction of sp³-hybridized carbons (Fsp3) is 0.0303. The Balaban J connectivity index is 0.936. The van der Waals surface area contributed by atoms with E-state index in [2.05, 4.69) is 270 Å². The third-order valence-corrected chi connectivity index (χ3v) is 20.3. The lowest BCUT2D eigenvalue weighted by Gasteiger charge is -2.40. The van der Waals surface area contributed by atoms with E-state index in [4.69, 9.17) is 4.42 Å². The Bertz CT molecular complexity index is 4170. The molecule has 0 aliphatic heterocycles. The van der Waals surface area contributed by atoms with Crippen molar-refractivity contribution >= 4 is 94.9 Å². The largest absolute Gasteiger partial charge is 0.455 e. The summed E-state index contributed by atoms with van der Waals surface area (Å²) in [4.78, 5) is 0. The monoisotopic (exact) mass is 910 g/mol. The predicted molar refractivity (Wildman–Crippen MR) is 298 cm³/mol. The molecule has 14 rings (SSSR count). The van der Waals surface area contributed by atoms with Crippen LogP contribution in [0.3, 0.4) is 0 Å². The Labute approximate surface area is 407 Å². The number of hydrogen-bond donors (Lipinski definition) is 0. The fourth-order valence-electron chi connectivity index (χ4n) is 12.0. The van der Waals surface area contributed by atoms with Gasteiger partial charge in [-0.2, -0.15) is 0 Å². The summed E-state index contributed by atoms with van der Waals surface area (Å²) in [5.74, 6) is 0. The average molecular weight is 911 g/mol. The van der Waals surface area contributed by atoms with Crippen LogP contribution in [-0.2, 0) is 0 Å². The number of aromatic nitrogens is 2. The summed E-state index contributed by atoms with van der Waals surface area (Å²) in [5, 5.41) is 11.5. The minimum Gasteiger partial charge on any atom is -0.455 e. The highest BCUT2D eigenvalue weighted by Crippen LogP contribution is 2.42. The van der Waals surface area contributed by atoms with E-state index < -0.39 is 8.07 Å². The summed E-state index contributed by atoms with van der Waals surface area (Å²) in [5.41, 5.74) is 13.9. The molecule has 1 aliphatic carbocycles. The predicted octanol–water partition coefficient (Wildman–Crippen LogP) is 15.5. The van der Waals surface area contributed by atoms with Crippen LogP contribution in [0.5, 0.6) is 0 Å². The first-order chi connectivity index (χ1) is 34.7. The minimum atomic E-state index is -2.86. The van der Waals surface area contributed by atoms with Crippen molar-refractivity contribution in [1.82, 2.24) is 9.13 Å². The number of benzene rings is 10. The van der Waals surface area contributed by atoms with Gasteiger partial charge in [0.05, 0.1) is 22.1 Å². The average Bonchev–Trinajstić information content (AvgIpc) is 4.10. The SMILES string of the molecule is C1=CC(n2c3ccccc3c3cc(-c4ccc5c(c4)c4ccccc4n5-c4ccccc4)ccc32)=CC([Si](c2ccccc2)(c2ccccc2)c2cccc(-c3cccc4c3oc3ccccc34)c2)C1. The van der Waals surface area contributed by atoms with E-state index in [9.17, 15) is 0 Å². The van der Waals surface area contributed by atoms with Gasteiger partial charge in [-0.1, -0.05) is 200 Å². The molecule has 1 unspecified atom stereocenters. The first-order valence-electron chi connectivity index (χ1n) is 24.4. The second-order valence-corrected chi connectivity index (χ2v) is 22.8. The third kappa shape index (κ3) is 6.20. The molecule has 3 nitrogen and oxygen atoms in total. The highest BCUT2D eigenvalue weighted by atomic mass is 28.3. The van der Waals surface area contributed by atoms with E-state index in [1.54, 1.807) is 0 Å². The van der Waals surface area contributed by atoms with Gasteiger partial charge >= 0.3 is 0 Å². The number of hydrogen-bond acceptors (Lipinski definition) is 1. The second-order valence-electron chi connectivity index (χ2n) is 18.7. The van der Waals surface area contributed by atoms with E-state index >= 15 is 0 Å². The van der Waals surface area contributed by atoms with E-state index in [1.807, 2.05) is 0 Å². The molecule has 0 spiro atoms. The molecule has 0 amide bonds. The maximum absolute atomic E-state index is 6.64. The molecule has 3 heterocycles. The van der Waals surface area contributed by atoms with Crippen molar-refractivity contribution in [3.8, 4) is 27.9 Å². The molecule has 3 aromatic heterocycles. The van der Waals surface area contributed by atoms with Crippen LogP contribution in [-0.4, -0.2) is 17.2 Å². The van der Waals surface area contributed by atoms with Crippen LogP contribution in [0.2, 0.25) is 5.54 Å². The molecule has 70 heavy (non-hydrogen) atoms. The number of para-hydroxylation sites is 5. The Morgan fingerprint density at radius 1 is 0.386 bits per heavy atom. The standard InChI is InChI=1S/C66H46N2OSi/c1-4-20-48(21-5-1)67-61-34-13-10-29-55(61)59-42-45(37-39-63(59)67)46-38-40-64-60(43-46)56-30-11-14-35-62(56)68(64)49-22-17-28-53(44-49)70(50-23-6-2-7-24-50,51-25-8-3-9-26-51)52-27-16-19-47(41-52)54-32-18-33-58-57-31-12-15-36-65(57)69-66(54)58/h1-27,29-44,53H,28H2. The zero-order valence-corrected chi connectivity index (χ0v) is 39.4. The van der Waals surface area contributed by atoms with Crippen LogP contribution >= 0.6 is 0 Å². The Morgan fingerprint density at radius 3 is 1.60 bits per heavy atom. The number of furan rings is 1. The molecule has 4 heteroatoms. The topological polar surface area (TPSA) is 23.0 Å². The zero-order chi connectivity index (χ0) is 46.2. The van der Waals surface area contributed by atoms with Crippen LogP contribution in [0.25, 0.3) is 99.2 Å². The maximum atomic E-state index is 6.64. The van der Waals surface area contributed by atoms with Gasteiger partial charge in [0.1, 0.15) is 11.2 Å². The van der Waals surface area contributed by atoms with Crippen molar-refractivity contribution in [1.29, 1.82) is 0 Å². The first-order valence-corrected chi connectivity index (χ1v) is 26.4. The smallest absolute Gasteiger partial charge is 0.155 e. The van der Waals surface area contributed by atoms with Crippen LogP contribution in [0, 0.1) is 0 Å². The summed E-state index contributed by atoms with van der Waals surface area (Å²) in [6.07, 6.45) is 8.34. The van der Waals surface area contributed by atoms with Crippen LogP contribution in [0.15, 0.2) is 265 Å². The molecule has 0 bridgehead atoms. The Morgan fingerprint density at radius 2 is 0.914 bits per heavy atom. The van der Waals surface area contributed by atoms with Crippen molar-refractivity contribution in [3.63, 3.8) is 0 Å². The summed E-state index contributed by atoms with van der Waals surface area (Å²) in [7, 11) is -2.86. The van der Waals surface area contributed by atoms with Gasteiger partial charge in [0, 0.05) is 49.3 Å². The molecule has 13 aromatic rings. The second kappa shape index (κ2) is 16.2. The van der Waals surface area contributed by atoms with Gasteiger partial charge in [-0.05, 0) is 105 Å². The van der Waals surface area contributed by atoms with Crippen molar-refractivity contribution in [3.05, 3.63) is 261 Å². The molecule has 0 fully saturated rings. The minimum absolute atomic E-state index is 0.190. The molecule has 1 aliphatic rings. The lowest BCUT2D eigenvalue weighted by atomic mass is 10.0. The number of fused-ring (bicyclic) bond motifs is 9. The third-order valence-electron chi connectivity index (χ3n) is 15.0. The Hall–Kier alpha value is -8.70. The number of rotatable bonds is 8. The van der Waals surface area contributed by atoms with Gasteiger partial charge in [-0.25, -0.2) is 0 Å². The summed E-state index contributed by atoms with van der Waals surface area (Å²) in [6.45, 7) is 0. The lowest BCUT2D eigenvalue weighted by Crippen LogP contribution is -2.69. The molecule has 0 saturated heterocycles. The maximum Gasteiger partial charge on any atom is 0.155 e. The van der Waals surface area contributed by atoms with Crippen molar-refractivity contribution < 1.29 is 4.42 Å². The summed E-state index contributed by atoms with van der Waals surface area (Å²) < 4.78 is 11.5. The van der Waals surface area contributed by atoms with Crippen molar-refractivity contribution in [2.45, 2.75) is 12.0 Å². The lowest BCUT2D eigenvalue weighted by molar-refractivity contribution is 0.670. The van der Waals surface area contributed by atoms with Crippen LogP contribution in [0.1, 0.15) is 6.42 Å². The van der Waals surface area contributed by atoms with E-state index in [0.717, 1.165) is 33.9 Å². The normalized spacial score (nSPS) is 14.1. The summed E-state index contributed by atoms with van der Waals surface area (Å²) >= 11 is 0. The van der Waals surface area contributed by atoms with Gasteiger partial charge in [-0.3, -0.25) is 0 Å². The molecule has 0 N–H and O–H groups in total. The molecule has 10 aromatic carbocycles. The molecule has 330 valence electrons. The molecule has 0 radical (unpaired) electrons. The highest BCUT2D eigenvalue weighted by Gasteiger charge is 2.46. The van der Waals surface area contributed by atoms with Crippen LogP contribution in [0.4, 0.5) is 0 Å². The molecular formula is C66H46N2OSi. The van der Waals surface area contributed by atoms with Crippen LogP contribution < -0.4 is 15.6 Å². The van der Waals surface area contributed by atoms with Crippen molar-refractivity contribution in [2.75, 3.05) is 0 Å². The van der Waals surface area contributed by atoms with E-state index in [1.165, 1.54) is 87.2 Å². The van der Waals surface area contributed by atoms with Crippen molar-refractivity contribution in [2.24, 2.45) is 0 Å². The first kappa shape index (κ1) is 40.4. The molecule has 0 saturated carbocycles. The summed E-state index contributed by atoms with van der Waals surface area (Å²) in [6, 6.07) is 89.6. The fourth-order valence-corrected chi connectivity index (χ4v) is 17.4. The van der Waals surface area contributed by atoms with Gasteiger partial charge in [-0.15, -0.1) is 0 Å². The molecule has 1 atom stereocenters.